The fourth-order valence-corrected chi connectivity index (χ4v) is 3.13. The van der Waals surface area contributed by atoms with E-state index in [-0.39, 0.29) is 21.0 Å². The fourth-order valence-electron chi connectivity index (χ4n) is 1.35. The molecule has 1 atom stereocenters. The van der Waals surface area contributed by atoms with Gasteiger partial charge in [0.2, 0.25) is 0 Å². The maximum Gasteiger partial charge on any atom is 0.262 e. The first-order chi connectivity index (χ1) is 8.77. The molecule has 19 heavy (non-hydrogen) atoms. The monoisotopic (exact) mass is 346 g/mol. The molecule has 1 aromatic carbocycles. The highest BCUT2D eigenvalue weighted by atomic mass is 35.7. The Morgan fingerprint density at radius 3 is 2.42 bits per heavy atom. The van der Waals surface area contributed by atoms with E-state index in [4.69, 9.17) is 43.4 Å². The molecule has 0 saturated heterocycles. The lowest BCUT2D eigenvalue weighted by molar-refractivity contribution is 0.135. The Balaban J connectivity index is 2.97. The maximum absolute atomic E-state index is 11.2. The number of halogens is 3. The van der Waals surface area contributed by atoms with Crippen LogP contribution in [0.5, 0.6) is 5.75 Å². The molecule has 1 rings (SSSR count). The van der Waals surface area contributed by atoms with Gasteiger partial charge in [0.25, 0.3) is 9.05 Å². The Morgan fingerprint density at radius 1 is 1.26 bits per heavy atom. The number of benzene rings is 1. The van der Waals surface area contributed by atoms with Crippen LogP contribution in [0.25, 0.3) is 0 Å². The fraction of sp³-hybridized carbons (Fsp3) is 0.455. The average Bonchev–Trinajstić information content (AvgIpc) is 2.31. The first-order valence-corrected chi connectivity index (χ1v) is 8.42. The third-order valence-electron chi connectivity index (χ3n) is 2.33. The van der Waals surface area contributed by atoms with Crippen molar-refractivity contribution in [3.8, 4) is 5.75 Å². The molecule has 8 heteroatoms. The molecule has 0 radical (unpaired) electrons. The second-order valence-electron chi connectivity index (χ2n) is 3.84. The van der Waals surface area contributed by atoms with Crippen molar-refractivity contribution < 1.29 is 17.9 Å². The van der Waals surface area contributed by atoms with Crippen molar-refractivity contribution in [3.05, 3.63) is 22.2 Å². The summed E-state index contributed by atoms with van der Waals surface area (Å²) < 4.78 is 33.0. The van der Waals surface area contributed by atoms with Crippen LogP contribution in [-0.4, -0.2) is 28.2 Å². The summed E-state index contributed by atoms with van der Waals surface area (Å²) in [5, 5.41) is -0.124. The summed E-state index contributed by atoms with van der Waals surface area (Å²) in [7, 11) is 2.89. The Morgan fingerprint density at radius 2 is 1.89 bits per heavy atom. The molecular weight excluding hydrogens is 335 g/mol. The lowest BCUT2D eigenvalue weighted by Crippen LogP contribution is -2.14. The molecule has 0 aliphatic rings. The van der Waals surface area contributed by atoms with Gasteiger partial charge in [-0.1, -0.05) is 23.2 Å². The lowest BCUT2D eigenvalue weighted by atomic mass is 10.3. The normalized spacial score (nSPS) is 13.3. The minimum absolute atomic E-state index is 0.0210. The zero-order valence-electron chi connectivity index (χ0n) is 10.3. The zero-order chi connectivity index (χ0) is 14.6. The third kappa shape index (κ3) is 4.68. The predicted molar refractivity (Wildman–Crippen MR) is 76.1 cm³/mol. The Hall–Kier alpha value is -0.200. The highest BCUT2D eigenvalue weighted by Crippen LogP contribution is 2.38. The van der Waals surface area contributed by atoms with Gasteiger partial charge in [0, 0.05) is 30.8 Å². The van der Waals surface area contributed by atoms with Crippen molar-refractivity contribution in [2.45, 2.75) is 24.3 Å². The molecule has 1 unspecified atom stereocenters. The molecule has 0 amide bonds. The van der Waals surface area contributed by atoms with E-state index in [2.05, 4.69) is 0 Å². The first kappa shape index (κ1) is 16.9. The van der Waals surface area contributed by atoms with E-state index in [9.17, 15) is 8.42 Å². The van der Waals surface area contributed by atoms with E-state index in [1.807, 2.05) is 6.92 Å². The molecule has 0 aliphatic carbocycles. The van der Waals surface area contributed by atoms with Gasteiger partial charge in [0.15, 0.2) is 0 Å². The number of hydrogen-bond acceptors (Lipinski definition) is 4. The van der Waals surface area contributed by atoms with Gasteiger partial charge in [-0.25, -0.2) is 8.42 Å². The van der Waals surface area contributed by atoms with Crippen molar-refractivity contribution in [1.82, 2.24) is 0 Å². The minimum atomic E-state index is -3.94. The van der Waals surface area contributed by atoms with Crippen LogP contribution in [0, 0.1) is 0 Å². The molecular formula is C11H13Cl3O4S. The second kappa shape index (κ2) is 6.99. The smallest absolute Gasteiger partial charge is 0.262 e. The van der Waals surface area contributed by atoms with Gasteiger partial charge in [-0.05, 0) is 19.1 Å². The van der Waals surface area contributed by atoms with Gasteiger partial charge >= 0.3 is 0 Å². The van der Waals surface area contributed by atoms with Crippen molar-refractivity contribution >= 4 is 42.9 Å². The summed E-state index contributed by atoms with van der Waals surface area (Å²) in [5.41, 5.74) is 0. The van der Waals surface area contributed by atoms with Gasteiger partial charge < -0.3 is 9.47 Å². The minimum Gasteiger partial charge on any atom is -0.489 e. The Bertz CT molecular complexity index is 545. The van der Waals surface area contributed by atoms with Crippen molar-refractivity contribution in [2.75, 3.05) is 13.7 Å². The summed E-state index contributed by atoms with van der Waals surface area (Å²) in [6.07, 6.45) is 0.520. The molecule has 0 heterocycles. The van der Waals surface area contributed by atoms with E-state index in [1.165, 1.54) is 12.1 Å². The number of hydrogen-bond donors (Lipinski definition) is 0. The highest BCUT2D eigenvalue weighted by Gasteiger charge is 2.20. The summed E-state index contributed by atoms with van der Waals surface area (Å²) in [6, 6.07) is 2.68. The molecule has 0 aromatic heterocycles. The SMILES string of the molecule is COCCC(C)Oc1ccc(S(=O)(=O)Cl)c(Cl)c1Cl. The molecule has 0 fully saturated rings. The van der Waals surface area contributed by atoms with Gasteiger partial charge in [-0.2, -0.15) is 0 Å². The maximum atomic E-state index is 11.2. The van der Waals surface area contributed by atoms with E-state index in [1.54, 1.807) is 7.11 Å². The summed E-state index contributed by atoms with van der Waals surface area (Å²) >= 11 is 11.8. The molecule has 1 aromatic rings. The first-order valence-electron chi connectivity index (χ1n) is 5.35. The zero-order valence-corrected chi connectivity index (χ0v) is 13.4. The summed E-state index contributed by atoms with van der Waals surface area (Å²) in [6.45, 7) is 2.39. The van der Waals surface area contributed by atoms with Crippen molar-refractivity contribution in [2.24, 2.45) is 0 Å². The van der Waals surface area contributed by atoms with E-state index < -0.39 is 9.05 Å². The van der Waals surface area contributed by atoms with E-state index in [0.29, 0.717) is 18.8 Å². The topological polar surface area (TPSA) is 52.6 Å². The van der Waals surface area contributed by atoms with E-state index >= 15 is 0 Å². The summed E-state index contributed by atoms with van der Waals surface area (Å²) in [4.78, 5) is -0.238. The quantitative estimate of drug-likeness (QED) is 0.736. The van der Waals surface area contributed by atoms with E-state index in [0.717, 1.165) is 0 Å². The standard InChI is InChI=1S/C11H13Cl3O4S/c1-7(5-6-17-2)18-8-3-4-9(19(14,15)16)11(13)10(8)12/h3-4,7H,5-6H2,1-2H3. The Labute approximate surface area is 127 Å². The van der Waals surface area contributed by atoms with Crippen LogP contribution < -0.4 is 4.74 Å². The molecule has 0 aliphatic heterocycles. The number of ether oxygens (including phenoxy) is 2. The molecule has 0 spiro atoms. The number of methoxy groups -OCH3 is 1. The highest BCUT2D eigenvalue weighted by molar-refractivity contribution is 8.13. The number of rotatable bonds is 6. The lowest BCUT2D eigenvalue weighted by Gasteiger charge is -2.16. The molecule has 0 N–H and O–H groups in total. The second-order valence-corrected chi connectivity index (χ2v) is 7.13. The van der Waals surface area contributed by atoms with Gasteiger partial charge in [0.1, 0.15) is 15.7 Å². The van der Waals surface area contributed by atoms with Crippen molar-refractivity contribution in [3.63, 3.8) is 0 Å². The largest absolute Gasteiger partial charge is 0.489 e. The van der Waals surface area contributed by atoms with Crippen LogP contribution in [0.2, 0.25) is 10.0 Å². The molecule has 108 valence electrons. The van der Waals surface area contributed by atoms with Crippen LogP contribution in [0.15, 0.2) is 17.0 Å². The summed E-state index contributed by atoms with van der Waals surface area (Å²) in [5.74, 6) is 0.305. The van der Waals surface area contributed by atoms with Crippen LogP contribution in [0.1, 0.15) is 13.3 Å². The Kier molecular flexibility index (Phi) is 6.20. The van der Waals surface area contributed by atoms with Crippen molar-refractivity contribution in [1.29, 1.82) is 0 Å². The molecule has 4 nitrogen and oxygen atoms in total. The average molecular weight is 348 g/mol. The third-order valence-corrected chi connectivity index (χ3v) is 4.67. The molecule has 0 bridgehead atoms. The van der Waals surface area contributed by atoms with Crippen LogP contribution in [-0.2, 0) is 13.8 Å². The predicted octanol–water partition coefficient (Wildman–Crippen LogP) is 3.72. The van der Waals surface area contributed by atoms with Gasteiger partial charge in [-0.3, -0.25) is 0 Å². The molecule has 0 saturated carbocycles. The van der Waals surface area contributed by atoms with Crippen LogP contribution >= 0.6 is 33.9 Å². The van der Waals surface area contributed by atoms with Crippen LogP contribution in [0.3, 0.4) is 0 Å². The van der Waals surface area contributed by atoms with Gasteiger partial charge in [-0.15, -0.1) is 0 Å². The van der Waals surface area contributed by atoms with Crippen LogP contribution in [0.4, 0.5) is 0 Å². The van der Waals surface area contributed by atoms with Gasteiger partial charge in [0.05, 0.1) is 11.1 Å².